The van der Waals surface area contributed by atoms with Gasteiger partial charge in [-0.05, 0) is 38.0 Å². The molecule has 0 heterocycles. The van der Waals surface area contributed by atoms with Gasteiger partial charge in [0.25, 0.3) is 0 Å². The van der Waals surface area contributed by atoms with Gasteiger partial charge in [0.15, 0.2) is 0 Å². The molecule has 0 fully saturated rings. The highest BCUT2D eigenvalue weighted by molar-refractivity contribution is 5.76. The minimum absolute atomic E-state index is 0.0236. The van der Waals surface area contributed by atoms with E-state index in [1.54, 1.807) is 0 Å². The Morgan fingerprint density at radius 3 is 1.75 bits per heavy atom. The number of hydrogen-bond acceptors (Lipinski definition) is 2. The fourth-order valence-electron chi connectivity index (χ4n) is 3.06. The van der Waals surface area contributed by atoms with Crippen LogP contribution in [-0.4, -0.2) is 23.7 Å². The number of hydrogen-bond donors (Lipinski definition) is 2. The van der Waals surface area contributed by atoms with E-state index in [4.69, 9.17) is 0 Å². The van der Waals surface area contributed by atoms with E-state index >= 15 is 0 Å². The summed E-state index contributed by atoms with van der Waals surface area (Å²) in [5.41, 5.74) is 0. The number of carbonyl (C=O) groups excluding carboxylic acids is 1. The largest absolute Gasteiger partial charge is 0.394 e. The van der Waals surface area contributed by atoms with Gasteiger partial charge in [0, 0.05) is 6.42 Å². The van der Waals surface area contributed by atoms with E-state index in [1.807, 2.05) is 27.7 Å². The number of aliphatic hydroxyl groups excluding tert-OH is 1. The molecule has 168 valence electrons. The topological polar surface area (TPSA) is 49.3 Å². The monoisotopic (exact) mass is 397 g/mol. The van der Waals surface area contributed by atoms with E-state index in [-0.39, 0.29) is 24.5 Å². The Hall–Kier alpha value is -0.830. The molecular formula is C25H51NO2. The predicted molar refractivity (Wildman–Crippen MR) is 125 cm³/mol. The SMILES string of the molecule is CC.CCCCCCCC/C=C/CCCCCCCC(=O)N[C@H](CO)C(C)C. The molecular weight excluding hydrogens is 346 g/mol. The highest BCUT2D eigenvalue weighted by Gasteiger charge is 2.14. The lowest BCUT2D eigenvalue weighted by molar-refractivity contribution is -0.122. The fraction of sp³-hybridized carbons (Fsp3) is 0.880. The molecule has 1 amide bonds. The number of allylic oxidation sites excluding steroid dienone is 2. The first-order valence-electron chi connectivity index (χ1n) is 12.2. The van der Waals surface area contributed by atoms with Gasteiger partial charge in [0.1, 0.15) is 0 Å². The van der Waals surface area contributed by atoms with Crippen LogP contribution < -0.4 is 5.32 Å². The van der Waals surface area contributed by atoms with Crippen molar-refractivity contribution in [3.8, 4) is 0 Å². The van der Waals surface area contributed by atoms with E-state index in [1.165, 1.54) is 70.6 Å². The van der Waals surface area contributed by atoms with Gasteiger partial charge in [-0.1, -0.05) is 98.1 Å². The maximum atomic E-state index is 11.8. The maximum Gasteiger partial charge on any atom is 0.220 e. The summed E-state index contributed by atoms with van der Waals surface area (Å²) in [6.07, 6.45) is 21.8. The van der Waals surface area contributed by atoms with Crippen LogP contribution in [0.3, 0.4) is 0 Å². The summed E-state index contributed by atoms with van der Waals surface area (Å²) in [6.45, 7) is 10.3. The van der Waals surface area contributed by atoms with E-state index in [9.17, 15) is 9.90 Å². The van der Waals surface area contributed by atoms with Crippen LogP contribution >= 0.6 is 0 Å². The fourth-order valence-corrected chi connectivity index (χ4v) is 3.06. The third-order valence-electron chi connectivity index (χ3n) is 5.01. The van der Waals surface area contributed by atoms with Crippen LogP contribution in [0.1, 0.15) is 125 Å². The second kappa shape index (κ2) is 24.2. The van der Waals surface area contributed by atoms with E-state index in [2.05, 4.69) is 24.4 Å². The summed E-state index contributed by atoms with van der Waals surface area (Å²) < 4.78 is 0. The average molecular weight is 398 g/mol. The highest BCUT2D eigenvalue weighted by atomic mass is 16.3. The first kappa shape index (κ1) is 29.4. The summed E-state index contributed by atoms with van der Waals surface area (Å²) >= 11 is 0. The van der Waals surface area contributed by atoms with Gasteiger partial charge < -0.3 is 10.4 Å². The van der Waals surface area contributed by atoms with Crippen LogP contribution in [0.2, 0.25) is 0 Å². The minimum Gasteiger partial charge on any atom is -0.394 e. The molecule has 0 aliphatic carbocycles. The van der Waals surface area contributed by atoms with Crippen LogP contribution in [0.4, 0.5) is 0 Å². The van der Waals surface area contributed by atoms with Gasteiger partial charge in [-0.2, -0.15) is 0 Å². The molecule has 3 heteroatoms. The Balaban J connectivity index is 0. The van der Waals surface area contributed by atoms with Crippen molar-refractivity contribution in [2.75, 3.05) is 6.61 Å². The predicted octanol–water partition coefficient (Wildman–Crippen LogP) is 7.18. The molecule has 0 spiro atoms. The molecule has 0 aromatic heterocycles. The number of nitrogens with one attached hydrogen (secondary N) is 1. The molecule has 0 aromatic rings. The van der Waals surface area contributed by atoms with Crippen LogP contribution in [0, 0.1) is 5.92 Å². The Labute approximate surface area is 176 Å². The first-order chi connectivity index (χ1) is 13.6. The Morgan fingerprint density at radius 2 is 1.29 bits per heavy atom. The number of amides is 1. The molecule has 0 aromatic carbocycles. The van der Waals surface area contributed by atoms with Crippen molar-refractivity contribution >= 4 is 5.91 Å². The molecule has 2 N–H and O–H groups in total. The van der Waals surface area contributed by atoms with E-state index in [0.29, 0.717) is 6.42 Å². The average Bonchev–Trinajstić information content (AvgIpc) is 2.70. The normalized spacial score (nSPS) is 12.1. The second-order valence-corrected chi connectivity index (χ2v) is 7.93. The van der Waals surface area contributed by atoms with E-state index < -0.39 is 0 Å². The van der Waals surface area contributed by atoms with Gasteiger partial charge in [0.05, 0.1) is 12.6 Å². The first-order valence-corrected chi connectivity index (χ1v) is 12.2. The Bertz CT molecular complexity index is 339. The standard InChI is InChI=1S/C23H45NO2.C2H6/c1-4-5-6-7-8-9-10-11-12-13-14-15-16-17-18-19-23(26)24-22(20-25)21(2)3;1-2/h11-12,21-22,25H,4-10,13-20H2,1-3H3,(H,24,26);1-2H3/b12-11+;/t22-;/m1./s1. The quantitative estimate of drug-likeness (QED) is 0.190. The summed E-state index contributed by atoms with van der Waals surface area (Å²) in [4.78, 5) is 11.8. The molecule has 0 bridgehead atoms. The van der Waals surface area contributed by atoms with Crippen LogP contribution in [0.5, 0.6) is 0 Å². The molecule has 3 nitrogen and oxygen atoms in total. The van der Waals surface area contributed by atoms with Crippen molar-refractivity contribution in [2.24, 2.45) is 5.92 Å². The molecule has 0 aliphatic rings. The zero-order valence-corrected chi connectivity index (χ0v) is 19.8. The summed E-state index contributed by atoms with van der Waals surface area (Å²) in [6, 6.07) is -0.106. The molecule has 0 aliphatic heterocycles. The number of unbranched alkanes of at least 4 members (excludes halogenated alkanes) is 11. The summed E-state index contributed by atoms with van der Waals surface area (Å²) in [5, 5.41) is 12.1. The van der Waals surface area contributed by atoms with Crippen LogP contribution in [0.25, 0.3) is 0 Å². The number of carbonyl (C=O) groups is 1. The number of aliphatic hydroxyl groups is 1. The molecule has 0 saturated carbocycles. The maximum absolute atomic E-state index is 11.8. The number of rotatable bonds is 18. The smallest absolute Gasteiger partial charge is 0.220 e. The van der Waals surface area contributed by atoms with Gasteiger partial charge in [0.2, 0.25) is 5.91 Å². The Kier molecular flexibility index (Phi) is 25.4. The molecule has 1 atom stereocenters. The van der Waals surface area contributed by atoms with Crippen molar-refractivity contribution in [3.63, 3.8) is 0 Å². The lowest BCUT2D eigenvalue weighted by Gasteiger charge is -2.19. The van der Waals surface area contributed by atoms with Crippen LogP contribution in [0.15, 0.2) is 12.2 Å². The van der Waals surface area contributed by atoms with Crippen molar-refractivity contribution in [3.05, 3.63) is 12.2 Å². The second-order valence-electron chi connectivity index (χ2n) is 7.93. The van der Waals surface area contributed by atoms with Gasteiger partial charge in [-0.3, -0.25) is 4.79 Å². The van der Waals surface area contributed by atoms with Gasteiger partial charge in [-0.15, -0.1) is 0 Å². The zero-order chi connectivity index (χ0) is 21.5. The molecule has 0 unspecified atom stereocenters. The minimum atomic E-state index is -0.106. The summed E-state index contributed by atoms with van der Waals surface area (Å²) in [5.74, 6) is 0.355. The van der Waals surface area contributed by atoms with Gasteiger partial charge in [-0.25, -0.2) is 0 Å². The lowest BCUT2D eigenvalue weighted by Crippen LogP contribution is -2.41. The molecule has 0 saturated heterocycles. The zero-order valence-electron chi connectivity index (χ0n) is 19.8. The van der Waals surface area contributed by atoms with Gasteiger partial charge >= 0.3 is 0 Å². The van der Waals surface area contributed by atoms with Crippen molar-refractivity contribution in [1.29, 1.82) is 0 Å². The van der Waals surface area contributed by atoms with E-state index in [0.717, 1.165) is 12.8 Å². The molecule has 28 heavy (non-hydrogen) atoms. The highest BCUT2D eigenvalue weighted by Crippen LogP contribution is 2.10. The summed E-state index contributed by atoms with van der Waals surface area (Å²) in [7, 11) is 0. The molecule has 0 radical (unpaired) electrons. The third kappa shape index (κ3) is 21.5. The van der Waals surface area contributed by atoms with Crippen molar-refractivity contribution in [1.82, 2.24) is 5.32 Å². The van der Waals surface area contributed by atoms with Crippen LogP contribution in [-0.2, 0) is 4.79 Å². The lowest BCUT2D eigenvalue weighted by atomic mass is 10.0. The van der Waals surface area contributed by atoms with Crippen molar-refractivity contribution < 1.29 is 9.90 Å². The van der Waals surface area contributed by atoms with Crippen molar-refractivity contribution in [2.45, 2.75) is 131 Å². The molecule has 0 rings (SSSR count). The Morgan fingerprint density at radius 1 is 0.821 bits per heavy atom. The third-order valence-corrected chi connectivity index (χ3v) is 5.01.